The van der Waals surface area contributed by atoms with Gasteiger partial charge in [-0.2, -0.15) is 0 Å². The third-order valence-electron chi connectivity index (χ3n) is 5.21. The van der Waals surface area contributed by atoms with Crippen LogP contribution in [0.2, 0.25) is 5.02 Å². The van der Waals surface area contributed by atoms with Crippen molar-refractivity contribution in [1.29, 1.82) is 0 Å². The lowest BCUT2D eigenvalue weighted by atomic mass is 10.1. The van der Waals surface area contributed by atoms with E-state index in [0.717, 1.165) is 12.1 Å². The average molecular weight is 542 g/mol. The standard InChI is InChI=1S/C26H18ClF2N3O6/c1-37-21-11-14(10-20(27)23(21)38-13-22(33)30-17-7-5-15(28)6-8-17)9-19-24(34)31-26(36)32(25(19)35)18-4-2-3-16(29)12-18/h2-12H,13H2,1H3,(H,30,33)(H,31,34,36)/b19-9+. The highest BCUT2D eigenvalue weighted by Gasteiger charge is 2.37. The number of nitrogens with one attached hydrogen (secondary N) is 2. The molecule has 0 saturated carbocycles. The van der Waals surface area contributed by atoms with Gasteiger partial charge in [0, 0.05) is 5.69 Å². The normalized spacial score (nSPS) is 14.4. The number of urea groups is 1. The highest BCUT2D eigenvalue weighted by atomic mass is 35.5. The van der Waals surface area contributed by atoms with Gasteiger partial charge in [-0.25, -0.2) is 18.5 Å². The zero-order valence-corrected chi connectivity index (χ0v) is 20.3. The number of nitrogens with zero attached hydrogens (tertiary/aromatic N) is 1. The van der Waals surface area contributed by atoms with Gasteiger partial charge in [-0.05, 0) is 66.2 Å². The summed E-state index contributed by atoms with van der Waals surface area (Å²) < 4.78 is 37.5. The number of hydrogen-bond donors (Lipinski definition) is 2. The average Bonchev–Trinajstić information content (AvgIpc) is 2.87. The fourth-order valence-electron chi connectivity index (χ4n) is 3.51. The van der Waals surface area contributed by atoms with Crippen molar-refractivity contribution in [3.8, 4) is 11.5 Å². The monoisotopic (exact) mass is 541 g/mol. The van der Waals surface area contributed by atoms with Crippen LogP contribution in [0.5, 0.6) is 11.5 Å². The molecule has 194 valence electrons. The first-order chi connectivity index (χ1) is 18.2. The first-order valence-electron chi connectivity index (χ1n) is 10.9. The van der Waals surface area contributed by atoms with Gasteiger partial charge in [-0.15, -0.1) is 0 Å². The fourth-order valence-corrected chi connectivity index (χ4v) is 3.78. The molecule has 5 amide bonds. The molecule has 3 aromatic carbocycles. The third-order valence-corrected chi connectivity index (χ3v) is 5.49. The van der Waals surface area contributed by atoms with Crippen LogP contribution in [0.25, 0.3) is 6.08 Å². The topological polar surface area (TPSA) is 114 Å². The SMILES string of the molecule is COc1cc(/C=C2\C(=O)NC(=O)N(c3cccc(F)c3)C2=O)cc(Cl)c1OCC(=O)Nc1ccc(F)cc1. The molecule has 0 aliphatic carbocycles. The van der Waals surface area contributed by atoms with Crippen LogP contribution >= 0.6 is 11.6 Å². The Morgan fingerprint density at radius 1 is 1.05 bits per heavy atom. The summed E-state index contributed by atoms with van der Waals surface area (Å²) in [7, 11) is 1.32. The van der Waals surface area contributed by atoms with E-state index in [-0.39, 0.29) is 27.8 Å². The van der Waals surface area contributed by atoms with Crippen LogP contribution in [0.1, 0.15) is 5.56 Å². The molecule has 4 rings (SSSR count). The van der Waals surface area contributed by atoms with Crippen molar-refractivity contribution in [1.82, 2.24) is 5.32 Å². The summed E-state index contributed by atoms with van der Waals surface area (Å²) in [5.41, 5.74) is 0.117. The molecule has 1 fully saturated rings. The van der Waals surface area contributed by atoms with E-state index in [4.69, 9.17) is 21.1 Å². The maximum Gasteiger partial charge on any atom is 0.335 e. The molecule has 0 atom stereocenters. The predicted octanol–water partition coefficient (Wildman–Crippen LogP) is 4.31. The Hall–Kier alpha value is -4.77. The molecular weight excluding hydrogens is 524 g/mol. The smallest absolute Gasteiger partial charge is 0.335 e. The molecule has 38 heavy (non-hydrogen) atoms. The first-order valence-corrected chi connectivity index (χ1v) is 11.3. The van der Waals surface area contributed by atoms with Gasteiger partial charge in [0.15, 0.2) is 18.1 Å². The van der Waals surface area contributed by atoms with Crippen molar-refractivity contribution >= 4 is 52.8 Å². The Kier molecular flexibility index (Phi) is 7.68. The Morgan fingerprint density at radius 2 is 1.79 bits per heavy atom. The van der Waals surface area contributed by atoms with Gasteiger partial charge in [0.1, 0.15) is 17.2 Å². The van der Waals surface area contributed by atoms with E-state index >= 15 is 0 Å². The van der Waals surface area contributed by atoms with Crippen LogP contribution in [-0.4, -0.2) is 37.5 Å². The molecule has 1 heterocycles. The van der Waals surface area contributed by atoms with Crippen LogP contribution in [0, 0.1) is 11.6 Å². The largest absolute Gasteiger partial charge is 0.493 e. The van der Waals surface area contributed by atoms with E-state index in [1.54, 1.807) is 0 Å². The quantitative estimate of drug-likeness (QED) is 0.340. The summed E-state index contributed by atoms with van der Waals surface area (Å²) >= 11 is 6.33. The Bertz CT molecular complexity index is 1480. The van der Waals surface area contributed by atoms with Crippen LogP contribution < -0.4 is 25.0 Å². The molecule has 2 N–H and O–H groups in total. The van der Waals surface area contributed by atoms with E-state index in [0.29, 0.717) is 10.6 Å². The Morgan fingerprint density at radius 3 is 2.47 bits per heavy atom. The van der Waals surface area contributed by atoms with Crippen molar-refractivity contribution in [2.24, 2.45) is 0 Å². The van der Waals surface area contributed by atoms with Gasteiger partial charge >= 0.3 is 6.03 Å². The summed E-state index contributed by atoms with van der Waals surface area (Å²) in [6.07, 6.45) is 1.18. The van der Waals surface area contributed by atoms with Crippen LogP contribution in [0.3, 0.4) is 0 Å². The summed E-state index contributed by atoms with van der Waals surface area (Å²) in [6.45, 7) is -0.459. The molecule has 9 nitrogen and oxygen atoms in total. The van der Waals surface area contributed by atoms with Crippen LogP contribution in [0.4, 0.5) is 25.0 Å². The minimum Gasteiger partial charge on any atom is -0.493 e. The second-order valence-corrected chi connectivity index (χ2v) is 8.22. The number of ether oxygens (including phenoxy) is 2. The fraction of sp³-hybridized carbons (Fsp3) is 0.0769. The summed E-state index contributed by atoms with van der Waals surface area (Å²) in [5.74, 6) is -3.51. The third kappa shape index (κ3) is 5.79. The van der Waals surface area contributed by atoms with Gasteiger partial charge in [0.05, 0.1) is 17.8 Å². The van der Waals surface area contributed by atoms with E-state index in [9.17, 15) is 28.0 Å². The van der Waals surface area contributed by atoms with Crippen molar-refractivity contribution in [3.63, 3.8) is 0 Å². The lowest BCUT2D eigenvalue weighted by molar-refractivity contribution is -0.122. The number of barbiturate groups is 1. The molecule has 0 aromatic heterocycles. The second kappa shape index (κ2) is 11.1. The number of hydrogen-bond acceptors (Lipinski definition) is 6. The van der Waals surface area contributed by atoms with E-state index in [1.165, 1.54) is 61.7 Å². The minimum atomic E-state index is -1.03. The molecular formula is C26H18ClF2N3O6. The molecule has 1 aliphatic rings. The summed E-state index contributed by atoms with van der Waals surface area (Å²) in [4.78, 5) is 50.6. The molecule has 1 aliphatic heterocycles. The van der Waals surface area contributed by atoms with Crippen molar-refractivity contribution < 1.29 is 37.4 Å². The first kappa shape index (κ1) is 26.3. The number of halogens is 3. The number of methoxy groups -OCH3 is 1. The lowest BCUT2D eigenvalue weighted by Crippen LogP contribution is -2.54. The summed E-state index contributed by atoms with van der Waals surface area (Å²) in [6, 6.07) is 11.6. The maximum absolute atomic E-state index is 13.7. The number of imide groups is 2. The van der Waals surface area contributed by atoms with Crippen molar-refractivity contribution in [2.75, 3.05) is 23.9 Å². The molecule has 0 unspecified atom stereocenters. The maximum atomic E-state index is 13.7. The predicted molar refractivity (Wildman–Crippen MR) is 134 cm³/mol. The highest BCUT2D eigenvalue weighted by Crippen LogP contribution is 2.37. The molecule has 1 saturated heterocycles. The molecule has 0 radical (unpaired) electrons. The molecule has 12 heteroatoms. The minimum absolute atomic E-state index is 0.00693. The van der Waals surface area contributed by atoms with Gasteiger partial charge in [-0.3, -0.25) is 19.7 Å². The van der Waals surface area contributed by atoms with Gasteiger partial charge in [0.25, 0.3) is 17.7 Å². The number of amides is 5. The van der Waals surface area contributed by atoms with Gasteiger partial charge in [-0.1, -0.05) is 17.7 Å². The Labute approximate surface area is 219 Å². The number of rotatable bonds is 7. The van der Waals surface area contributed by atoms with E-state index < -0.39 is 47.6 Å². The van der Waals surface area contributed by atoms with Gasteiger partial charge < -0.3 is 14.8 Å². The second-order valence-electron chi connectivity index (χ2n) is 7.82. The lowest BCUT2D eigenvalue weighted by Gasteiger charge is -2.26. The highest BCUT2D eigenvalue weighted by molar-refractivity contribution is 6.39. The number of anilines is 2. The van der Waals surface area contributed by atoms with Crippen molar-refractivity contribution in [3.05, 3.63) is 88.5 Å². The van der Waals surface area contributed by atoms with Gasteiger partial charge in [0.2, 0.25) is 0 Å². The number of benzene rings is 3. The van der Waals surface area contributed by atoms with Crippen molar-refractivity contribution in [2.45, 2.75) is 0 Å². The van der Waals surface area contributed by atoms with E-state index in [1.807, 2.05) is 5.32 Å². The van der Waals surface area contributed by atoms with Crippen LogP contribution in [-0.2, 0) is 14.4 Å². The molecule has 0 spiro atoms. The molecule has 0 bridgehead atoms. The number of carbonyl (C=O) groups is 4. The summed E-state index contributed by atoms with van der Waals surface area (Å²) in [5, 5.41) is 4.57. The zero-order valence-electron chi connectivity index (χ0n) is 19.6. The van der Waals surface area contributed by atoms with E-state index in [2.05, 4.69) is 5.32 Å². The molecule has 3 aromatic rings. The van der Waals surface area contributed by atoms with Crippen LogP contribution in [0.15, 0.2) is 66.2 Å². The number of carbonyl (C=O) groups excluding carboxylic acids is 4. The Balaban J connectivity index is 1.55. The zero-order chi connectivity index (χ0) is 27.4.